The number of carbonyl (C=O) groups is 1. The van der Waals surface area contributed by atoms with Crippen molar-refractivity contribution in [3.8, 4) is 0 Å². The molecule has 2 N–H and O–H groups in total. The molecule has 8 rings (SSSR count). The van der Waals surface area contributed by atoms with Crippen LogP contribution in [0.1, 0.15) is 28.4 Å². The quantitative estimate of drug-likeness (QED) is 0.134. The zero-order valence-electron chi connectivity index (χ0n) is 30.3. The van der Waals surface area contributed by atoms with Crippen molar-refractivity contribution in [1.29, 1.82) is 0 Å². The Kier molecular flexibility index (Phi) is 12.7. The van der Waals surface area contributed by atoms with Gasteiger partial charge < -0.3 is 33.6 Å². The predicted octanol–water partition coefficient (Wildman–Crippen LogP) is 3.80. The number of amides is 1. The van der Waals surface area contributed by atoms with Crippen molar-refractivity contribution >= 4 is 66.4 Å². The molecule has 3 aliphatic rings. The van der Waals surface area contributed by atoms with E-state index in [0.29, 0.717) is 16.6 Å². The van der Waals surface area contributed by atoms with Gasteiger partial charge in [-0.2, -0.15) is 9.59 Å². The van der Waals surface area contributed by atoms with Gasteiger partial charge in [0.1, 0.15) is 42.9 Å². The van der Waals surface area contributed by atoms with E-state index in [1.807, 2.05) is 0 Å². The summed E-state index contributed by atoms with van der Waals surface area (Å²) < 4.78 is 89.2. The second kappa shape index (κ2) is 17.8. The maximum absolute atomic E-state index is 16.5. The normalized spacial score (nSPS) is 30.8. The van der Waals surface area contributed by atoms with E-state index in [0.717, 1.165) is 11.9 Å². The van der Waals surface area contributed by atoms with E-state index in [9.17, 15) is 14.3 Å². The summed E-state index contributed by atoms with van der Waals surface area (Å²) in [5.41, 5.74) is 2.18. The number of nitrogens with one attached hydrogen (secondary N) is 1. The summed E-state index contributed by atoms with van der Waals surface area (Å²) in [7, 11) is -5.15. The van der Waals surface area contributed by atoms with Crippen LogP contribution < -0.4 is 5.32 Å². The molecule has 21 nitrogen and oxygen atoms in total. The lowest BCUT2D eigenvalue weighted by Crippen LogP contribution is -2.37. The maximum atomic E-state index is 16.5. The molecule has 26 heteroatoms. The van der Waals surface area contributed by atoms with Crippen LogP contribution in [0.5, 0.6) is 0 Å². The number of phosphoric acid groups is 1. The lowest BCUT2D eigenvalue weighted by atomic mass is 10.1. The van der Waals surface area contributed by atoms with Crippen molar-refractivity contribution in [3.05, 3.63) is 83.7 Å². The summed E-state index contributed by atoms with van der Waals surface area (Å²) in [5, 5.41) is 10.9. The van der Waals surface area contributed by atoms with Gasteiger partial charge in [-0.3, -0.25) is 22.9 Å². The molecule has 0 aliphatic carbocycles. The van der Waals surface area contributed by atoms with E-state index in [1.165, 1.54) is 15.6 Å². The Morgan fingerprint density at radius 3 is 2.46 bits per heavy atom. The molecule has 310 valence electrons. The number of carbonyl (C=O) groups excluding carboxylic acids is 3. The number of phosphoric ester groups is 1. The van der Waals surface area contributed by atoms with Crippen molar-refractivity contribution in [1.82, 2.24) is 34.5 Å². The third kappa shape index (κ3) is 8.88. The number of ether oxygens (including phenoxy) is 2. The summed E-state index contributed by atoms with van der Waals surface area (Å²) in [6.45, 7) is 3.09. The number of aryl methyl sites for hydroxylation is 1. The average molecular weight is 878 g/mol. The first kappa shape index (κ1) is 42.3. The Morgan fingerprint density at radius 1 is 1.02 bits per heavy atom. The monoisotopic (exact) mass is 877 g/mol. The zero-order valence-corrected chi connectivity index (χ0v) is 32.9. The van der Waals surface area contributed by atoms with Gasteiger partial charge in [0.2, 0.25) is 6.54 Å². The Balaban J connectivity index is 0.00000171. The highest BCUT2D eigenvalue weighted by atomic mass is 32.5. The summed E-state index contributed by atoms with van der Waals surface area (Å²) in [4.78, 5) is 55.8. The molecule has 0 saturated carbocycles. The lowest BCUT2D eigenvalue weighted by molar-refractivity contribution is -0.191. The highest BCUT2D eigenvalue weighted by Gasteiger charge is 2.55. The van der Waals surface area contributed by atoms with Gasteiger partial charge in [0, 0.05) is 5.56 Å². The van der Waals surface area contributed by atoms with E-state index in [1.54, 1.807) is 55.5 Å². The Labute approximate surface area is 336 Å². The molecule has 10 atom stereocenters. The number of benzene rings is 2. The molecule has 3 fully saturated rings. The first-order valence-corrected chi connectivity index (χ1v) is 21.4. The van der Waals surface area contributed by atoms with Crippen molar-refractivity contribution in [2.45, 2.75) is 56.1 Å². The maximum Gasteiger partial charge on any atom is 0.472 e. The zero-order chi connectivity index (χ0) is 41.9. The second-order valence-electron chi connectivity index (χ2n) is 12.8. The third-order valence-electron chi connectivity index (χ3n) is 9.14. The van der Waals surface area contributed by atoms with E-state index < -0.39 is 82.9 Å². The Morgan fingerprint density at radius 2 is 1.71 bits per heavy atom. The molecule has 3 aliphatic heterocycles. The van der Waals surface area contributed by atoms with Crippen LogP contribution in [0, 0.1) is 13.5 Å². The van der Waals surface area contributed by atoms with E-state index in [2.05, 4.69) is 35.4 Å². The molecule has 0 spiro atoms. The third-order valence-corrected chi connectivity index (χ3v) is 12.5. The number of imidazole rings is 1. The van der Waals surface area contributed by atoms with Crippen LogP contribution in [0.15, 0.2) is 61.2 Å². The number of aromatic nitrogens is 7. The van der Waals surface area contributed by atoms with Crippen LogP contribution in [0.3, 0.4) is 0 Å². The molecular formula is C33H31F2N9O12P2S. The number of halogens is 2. The molecule has 3 saturated heterocycles. The van der Waals surface area contributed by atoms with Crippen LogP contribution in [0.4, 0.5) is 14.6 Å². The Bertz CT molecular complexity index is 2510. The number of nitrogens with zero attached hydrogens (tertiary/aromatic N) is 8. The van der Waals surface area contributed by atoms with Crippen molar-refractivity contribution in [2.75, 3.05) is 31.7 Å². The topological polar surface area (TPSA) is 244 Å². The van der Waals surface area contributed by atoms with Gasteiger partial charge in [0.05, 0.1) is 25.1 Å². The second-order valence-corrected chi connectivity index (χ2v) is 17.2. The molecule has 2 aromatic carbocycles. The van der Waals surface area contributed by atoms with Crippen molar-refractivity contribution in [2.24, 2.45) is 0 Å². The van der Waals surface area contributed by atoms with Crippen molar-refractivity contribution < 1.29 is 64.7 Å². The highest BCUT2D eigenvalue weighted by Crippen LogP contribution is 2.57. The number of hydrogen-bond acceptors (Lipinski definition) is 17. The van der Waals surface area contributed by atoms with Crippen LogP contribution in [-0.2, 0) is 58.1 Å². The minimum Gasteiger partial charge on any atom is -0.346 e. The minimum absolute atomic E-state index is 0.0260. The SMILES string of the molecule is O=C=O.[C-]#[N+]CCOP1(=S)OC[C@H]2O[C@@H](n3cnc4c(NC(=O)c5ccccc5)ncnc43)[C@H](F)[C@@H]2OP(=O)(O)OC[C@H]2O[C@@H](n3nnc4c(C)cccc43)[C@H](F)[C@@H]2O1. The molecular weight excluding hydrogens is 846 g/mol. The van der Waals surface area contributed by atoms with Gasteiger partial charge in [-0.25, -0.2) is 39.6 Å². The largest absolute Gasteiger partial charge is 0.472 e. The fourth-order valence-electron chi connectivity index (χ4n) is 6.48. The van der Waals surface area contributed by atoms with Crippen LogP contribution >= 0.6 is 14.5 Å². The highest BCUT2D eigenvalue weighted by molar-refractivity contribution is 8.07. The van der Waals surface area contributed by atoms with Crippen LogP contribution in [0.2, 0.25) is 0 Å². The fourth-order valence-corrected chi connectivity index (χ4v) is 9.52. The first-order chi connectivity index (χ1) is 28.4. The molecule has 3 aromatic heterocycles. The summed E-state index contributed by atoms with van der Waals surface area (Å²) in [6, 6.07) is 13.5. The first-order valence-electron chi connectivity index (χ1n) is 17.4. The van der Waals surface area contributed by atoms with Gasteiger partial charge in [-0.15, -0.1) is 5.10 Å². The van der Waals surface area contributed by atoms with Crippen LogP contribution in [-0.4, -0.2) is 115 Å². The molecule has 0 bridgehead atoms. The Hall–Kier alpha value is -4.85. The van der Waals surface area contributed by atoms with Gasteiger partial charge in [0.15, 0.2) is 41.8 Å². The van der Waals surface area contributed by atoms with E-state index in [-0.39, 0.29) is 36.3 Å². The number of hydrogen-bond donors (Lipinski definition) is 2. The van der Waals surface area contributed by atoms with Crippen LogP contribution in [0.25, 0.3) is 27.0 Å². The summed E-state index contributed by atoms with van der Waals surface area (Å²) in [5.74, 6) is -0.455. The van der Waals surface area contributed by atoms with E-state index >= 15 is 8.78 Å². The minimum atomic E-state index is -5.15. The summed E-state index contributed by atoms with van der Waals surface area (Å²) in [6.07, 6.45) is -11.0. The molecule has 6 heterocycles. The summed E-state index contributed by atoms with van der Waals surface area (Å²) >= 11 is 5.68. The predicted molar refractivity (Wildman–Crippen MR) is 198 cm³/mol. The molecule has 59 heavy (non-hydrogen) atoms. The molecule has 0 radical (unpaired) electrons. The van der Waals surface area contributed by atoms with Crippen molar-refractivity contribution in [3.63, 3.8) is 0 Å². The number of anilines is 1. The number of alkyl halides is 2. The van der Waals surface area contributed by atoms with Gasteiger partial charge in [0.25, 0.3) is 5.91 Å². The smallest absolute Gasteiger partial charge is 0.346 e. The van der Waals surface area contributed by atoms with Gasteiger partial charge >= 0.3 is 20.7 Å². The van der Waals surface area contributed by atoms with Gasteiger partial charge in [-0.1, -0.05) is 35.5 Å². The molecule has 5 aromatic rings. The lowest BCUT2D eigenvalue weighted by Gasteiger charge is -2.30. The van der Waals surface area contributed by atoms with E-state index in [4.69, 9.17) is 60.1 Å². The number of rotatable bonds is 7. The average Bonchev–Trinajstić information content (AvgIpc) is 3.99. The number of fused-ring (bicyclic) bond motifs is 4. The van der Waals surface area contributed by atoms with Gasteiger partial charge in [-0.05, 0) is 42.5 Å². The standard InChI is InChI=1S/C32H31F2N9O10P2S.CO2/c1-17-7-6-10-19-24(17)40-41-43(19)32-23(34)27-20(51-32)13-48-54(45,46)52-26-21(14-49-55(56,53-27)47-12-11-35-2)50-31(22(26)33)42-16-38-25-28(36-15-37-29(25)42)39-30(44)18-8-4-3-5-9-18;2-1-3/h3-10,15-16,20-23,26-27,31-32H,11-14H2,1H3,(H,45,46)(H,36,37,39,44);/t20-,21-,22-,23-,26-,27-,31-,32-,55?;/m1./s1. The molecule has 2 unspecified atom stereocenters. The fraction of sp³-hybridized carbons (Fsp3) is 0.394. The molecule has 1 amide bonds.